The van der Waals surface area contributed by atoms with E-state index in [0.29, 0.717) is 13.0 Å². The molecule has 26 heavy (non-hydrogen) atoms. The first-order valence-corrected chi connectivity index (χ1v) is 8.71. The minimum absolute atomic E-state index is 0.369. The number of carbonyl (C=O) groups excluding carboxylic acids is 1. The zero-order chi connectivity index (χ0) is 19.2. The number of Topliss-reactive ketones (excluding diaryl/α,β-unsaturated/α-hetero) is 1. The number of aryl methyl sites for hydroxylation is 1. The molecule has 2 atom stereocenters. The van der Waals surface area contributed by atoms with Crippen molar-refractivity contribution in [3.8, 4) is 11.1 Å². The van der Waals surface area contributed by atoms with Crippen molar-refractivity contribution in [3.63, 3.8) is 0 Å². The lowest BCUT2D eigenvalue weighted by atomic mass is 9.93. The highest BCUT2D eigenvalue weighted by Gasteiger charge is 2.43. The molecule has 0 aromatic heterocycles. The monoisotopic (exact) mass is 361 g/mol. The first-order valence-electron chi connectivity index (χ1n) is 8.71. The third-order valence-corrected chi connectivity index (χ3v) is 4.48. The van der Waals surface area contributed by atoms with Crippen LogP contribution in [-0.2, 0) is 11.2 Å². The number of hydrogen-bond acceptors (Lipinski definition) is 3. The summed E-state index contributed by atoms with van der Waals surface area (Å²) >= 11 is 0. The van der Waals surface area contributed by atoms with Crippen LogP contribution >= 0.6 is 0 Å². The predicted octanol–water partition coefficient (Wildman–Crippen LogP) is 3.85. The number of carbonyl (C=O) groups is 1. The van der Waals surface area contributed by atoms with Crippen molar-refractivity contribution in [1.82, 2.24) is 5.32 Å². The Morgan fingerprint density at radius 1 is 1.08 bits per heavy atom. The Labute approximate surface area is 153 Å². The lowest BCUT2D eigenvalue weighted by Gasteiger charge is -2.31. The third kappa shape index (κ3) is 5.19. The number of alkyl halides is 2. The Hall–Kier alpha value is -2.11. The van der Waals surface area contributed by atoms with E-state index >= 15 is 0 Å². The Morgan fingerprint density at radius 3 is 2.19 bits per heavy atom. The van der Waals surface area contributed by atoms with Crippen molar-refractivity contribution in [2.75, 3.05) is 6.54 Å². The summed E-state index contributed by atoms with van der Waals surface area (Å²) in [6.45, 7) is 2.56. The molecule has 5 heteroatoms. The van der Waals surface area contributed by atoms with Gasteiger partial charge in [-0.1, -0.05) is 54.6 Å². The molecular weight excluding hydrogens is 336 g/mol. The van der Waals surface area contributed by atoms with Crippen LogP contribution in [0.25, 0.3) is 11.1 Å². The van der Waals surface area contributed by atoms with Gasteiger partial charge in [0.2, 0.25) is 0 Å². The van der Waals surface area contributed by atoms with Gasteiger partial charge in [0, 0.05) is 0 Å². The summed E-state index contributed by atoms with van der Waals surface area (Å²) in [6.07, 6.45) is -1.56. The maximum absolute atomic E-state index is 12.9. The normalized spacial score (nSPS) is 14.8. The van der Waals surface area contributed by atoms with Crippen LogP contribution in [0.1, 0.15) is 25.8 Å². The standard InChI is InChI=1S/C21H25F2NO2/c1-15(25)19(21(2,26)20(22)23)24-14-6-7-16-10-12-18(13-11-16)17-8-4-3-5-9-17/h3-5,8-13,19-20,24,26H,6-7,14H2,1-2H3/t19-,21+/m1/s1. The van der Waals surface area contributed by atoms with E-state index in [-0.39, 0.29) is 0 Å². The van der Waals surface area contributed by atoms with Gasteiger partial charge in [-0.05, 0) is 49.9 Å². The highest BCUT2D eigenvalue weighted by molar-refractivity contribution is 5.82. The summed E-state index contributed by atoms with van der Waals surface area (Å²) in [5.74, 6) is -0.498. The highest BCUT2D eigenvalue weighted by atomic mass is 19.3. The molecule has 0 saturated heterocycles. The molecule has 0 aliphatic heterocycles. The Balaban J connectivity index is 1.86. The first kappa shape index (κ1) is 20.2. The summed E-state index contributed by atoms with van der Waals surface area (Å²) in [5, 5.41) is 12.6. The number of ketones is 1. The average molecular weight is 361 g/mol. The van der Waals surface area contributed by atoms with Gasteiger partial charge in [-0.2, -0.15) is 0 Å². The molecular formula is C21H25F2NO2. The zero-order valence-electron chi connectivity index (χ0n) is 15.1. The van der Waals surface area contributed by atoms with E-state index in [4.69, 9.17) is 0 Å². The van der Waals surface area contributed by atoms with Crippen LogP contribution in [0.2, 0.25) is 0 Å². The van der Waals surface area contributed by atoms with Crippen LogP contribution < -0.4 is 5.32 Å². The van der Waals surface area contributed by atoms with Gasteiger partial charge in [-0.25, -0.2) is 8.78 Å². The van der Waals surface area contributed by atoms with Crippen LogP contribution in [0.3, 0.4) is 0 Å². The number of benzene rings is 2. The molecule has 3 nitrogen and oxygen atoms in total. The smallest absolute Gasteiger partial charge is 0.268 e. The van der Waals surface area contributed by atoms with Crippen LogP contribution in [0.15, 0.2) is 54.6 Å². The van der Waals surface area contributed by atoms with Crippen molar-refractivity contribution in [3.05, 3.63) is 60.2 Å². The summed E-state index contributed by atoms with van der Waals surface area (Å²) in [7, 11) is 0. The zero-order valence-corrected chi connectivity index (χ0v) is 15.1. The number of nitrogens with one attached hydrogen (secondary N) is 1. The van der Waals surface area contributed by atoms with Gasteiger partial charge < -0.3 is 10.4 Å². The molecule has 0 bridgehead atoms. The van der Waals surface area contributed by atoms with Crippen LogP contribution in [0.5, 0.6) is 0 Å². The second-order valence-electron chi connectivity index (χ2n) is 6.69. The molecule has 2 aromatic rings. The SMILES string of the molecule is CC(=O)[C@@H](NCCCc1ccc(-c2ccccc2)cc1)[C@](C)(O)C(F)F. The van der Waals surface area contributed by atoms with Gasteiger partial charge in [0.15, 0.2) is 0 Å². The van der Waals surface area contributed by atoms with E-state index in [0.717, 1.165) is 30.0 Å². The van der Waals surface area contributed by atoms with Crippen molar-refractivity contribution in [2.45, 2.75) is 44.8 Å². The molecule has 0 unspecified atom stereocenters. The van der Waals surface area contributed by atoms with E-state index in [9.17, 15) is 18.7 Å². The van der Waals surface area contributed by atoms with Crippen molar-refractivity contribution >= 4 is 5.78 Å². The van der Waals surface area contributed by atoms with E-state index < -0.39 is 23.9 Å². The number of halogens is 2. The second kappa shape index (κ2) is 9.01. The fourth-order valence-corrected chi connectivity index (χ4v) is 2.92. The molecule has 2 aromatic carbocycles. The van der Waals surface area contributed by atoms with Gasteiger partial charge in [-0.15, -0.1) is 0 Å². The molecule has 0 spiro atoms. The lowest BCUT2D eigenvalue weighted by molar-refractivity contribution is -0.139. The number of rotatable bonds is 9. The minimum Gasteiger partial charge on any atom is -0.382 e. The summed E-state index contributed by atoms with van der Waals surface area (Å²) in [6, 6.07) is 17.0. The van der Waals surface area contributed by atoms with Gasteiger partial charge in [0.25, 0.3) is 6.43 Å². The average Bonchev–Trinajstić information content (AvgIpc) is 2.62. The first-order chi connectivity index (χ1) is 12.3. The molecule has 0 amide bonds. The van der Waals surface area contributed by atoms with E-state index in [1.54, 1.807) is 0 Å². The Bertz CT molecular complexity index is 700. The van der Waals surface area contributed by atoms with E-state index in [1.165, 1.54) is 6.92 Å². The molecule has 0 fully saturated rings. The molecule has 0 aliphatic carbocycles. The minimum atomic E-state index is -2.99. The van der Waals surface area contributed by atoms with Gasteiger partial charge >= 0.3 is 0 Å². The second-order valence-corrected chi connectivity index (χ2v) is 6.69. The molecule has 2 N–H and O–H groups in total. The van der Waals surface area contributed by atoms with Crippen LogP contribution in [0, 0.1) is 0 Å². The third-order valence-electron chi connectivity index (χ3n) is 4.48. The highest BCUT2D eigenvalue weighted by Crippen LogP contribution is 2.21. The van der Waals surface area contributed by atoms with Gasteiger partial charge in [0.05, 0.1) is 0 Å². The largest absolute Gasteiger partial charge is 0.382 e. The van der Waals surface area contributed by atoms with Gasteiger partial charge in [-0.3, -0.25) is 4.79 Å². The molecule has 0 radical (unpaired) electrons. The quantitative estimate of drug-likeness (QED) is 0.667. The maximum atomic E-state index is 12.9. The fourth-order valence-electron chi connectivity index (χ4n) is 2.92. The summed E-state index contributed by atoms with van der Waals surface area (Å²) in [4.78, 5) is 11.6. The predicted molar refractivity (Wildman–Crippen MR) is 99.3 cm³/mol. The number of aliphatic hydroxyl groups is 1. The molecule has 0 saturated carbocycles. The van der Waals surface area contributed by atoms with E-state index in [1.807, 2.05) is 30.3 Å². The number of hydrogen-bond donors (Lipinski definition) is 2. The summed E-state index contributed by atoms with van der Waals surface area (Å²) < 4.78 is 25.9. The fraction of sp³-hybridized carbons (Fsp3) is 0.381. The molecule has 140 valence electrons. The molecule has 2 rings (SSSR count). The maximum Gasteiger partial charge on any atom is 0.268 e. The van der Waals surface area contributed by atoms with Crippen LogP contribution in [0.4, 0.5) is 8.78 Å². The van der Waals surface area contributed by atoms with Crippen LogP contribution in [-0.4, -0.2) is 35.5 Å². The van der Waals surface area contributed by atoms with E-state index in [2.05, 4.69) is 29.6 Å². The van der Waals surface area contributed by atoms with Gasteiger partial charge in [0.1, 0.15) is 17.4 Å². The Kier molecular flexibility index (Phi) is 7.00. The van der Waals surface area contributed by atoms with Crippen molar-refractivity contribution < 1.29 is 18.7 Å². The van der Waals surface area contributed by atoms with Crippen molar-refractivity contribution in [1.29, 1.82) is 0 Å². The Morgan fingerprint density at radius 2 is 1.65 bits per heavy atom. The van der Waals surface area contributed by atoms with Crippen molar-refractivity contribution in [2.24, 2.45) is 0 Å². The molecule has 0 heterocycles. The topological polar surface area (TPSA) is 49.3 Å². The lowest BCUT2D eigenvalue weighted by Crippen LogP contribution is -2.57. The molecule has 0 aliphatic rings. The summed E-state index contributed by atoms with van der Waals surface area (Å²) in [5.41, 5.74) is 1.05.